The molecular weight excluding hydrogens is 695 g/mol. The summed E-state index contributed by atoms with van der Waals surface area (Å²) < 4.78 is 32.7. The normalized spacial score (nSPS) is 14.1. The molecule has 0 bridgehead atoms. The van der Waals surface area contributed by atoms with E-state index in [2.05, 4.69) is 42.7 Å². The third-order valence-electron chi connectivity index (χ3n) is 9.08. The molecule has 312 valence electrons. The summed E-state index contributed by atoms with van der Waals surface area (Å²) in [7, 11) is -4.62. The molecule has 0 fully saturated rings. The average molecular weight is 775 g/mol. The molecule has 0 aliphatic heterocycles. The zero-order valence-corrected chi connectivity index (χ0v) is 34.6. The van der Waals surface area contributed by atoms with Crippen LogP contribution in [0.1, 0.15) is 194 Å². The highest BCUT2D eigenvalue weighted by molar-refractivity contribution is 7.47. The highest BCUT2D eigenvalue weighted by Gasteiger charge is 2.27. The van der Waals surface area contributed by atoms with E-state index in [1.165, 1.54) is 83.5 Å². The van der Waals surface area contributed by atoms with Crippen molar-refractivity contribution in [3.8, 4) is 0 Å². The molecule has 53 heavy (non-hydrogen) atoms. The van der Waals surface area contributed by atoms with E-state index in [9.17, 15) is 24.2 Å². The molecule has 0 aromatic rings. The van der Waals surface area contributed by atoms with Gasteiger partial charge in [0.1, 0.15) is 12.7 Å². The molecule has 0 aliphatic rings. The first-order valence-corrected chi connectivity index (χ1v) is 22.8. The first-order chi connectivity index (χ1) is 25.7. The molecule has 0 spiro atoms. The van der Waals surface area contributed by atoms with Crippen LogP contribution in [0.4, 0.5) is 0 Å². The fraction of sp³-hybridized carbons (Fsp3) is 0.857. The molecule has 3 N–H and O–H groups in total. The number of phosphoric ester groups is 1. The van der Waals surface area contributed by atoms with Crippen molar-refractivity contribution in [3.63, 3.8) is 0 Å². The number of unbranched alkanes of at least 4 members (excludes halogenated alkanes) is 22. The lowest BCUT2D eigenvalue weighted by Gasteiger charge is -2.20. The van der Waals surface area contributed by atoms with Crippen LogP contribution in [0.2, 0.25) is 0 Å². The van der Waals surface area contributed by atoms with Crippen LogP contribution in [0.5, 0.6) is 0 Å². The van der Waals surface area contributed by atoms with E-state index in [1.807, 2.05) is 0 Å². The van der Waals surface area contributed by atoms with Crippen molar-refractivity contribution in [3.05, 3.63) is 24.3 Å². The van der Waals surface area contributed by atoms with Gasteiger partial charge in [-0.25, -0.2) is 4.57 Å². The number of esters is 2. The number of aliphatic hydroxyl groups excluding tert-OH is 2. The summed E-state index contributed by atoms with van der Waals surface area (Å²) >= 11 is 0. The second-order valence-corrected chi connectivity index (χ2v) is 15.8. The molecule has 0 saturated heterocycles. The Morgan fingerprint density at radius 2 is 0.925 bits per heavy atom. The molecule has 1 unspecified atom stereocenters. The summed E-state index contributed by atoms with van der Waals surface area (Å²) in [6.45, 7) is 2.35. The Hall–Kier alpha value is -1.55. The van der Waals surface area contributed by atoms with E-state index in [1.54, 1.807) is 0 Å². The smallest absolute Gasteiger partial charge is 0.462 e. The molecule has 11 heteroatoms. The van der Waals surface area contributed by atoms with Gasteiger partial charge >= 0.3 is 19.8 Å². The van der Waals surface area contributed by atoms with Crippen LogP contribution in [0.15, 0.2) is 24.3 Å². The van der Waals surface area contributed by atoms with Crippen molar-refractivity contribution >= 4 is 19.8 Å². The van der Waals surface area contributed by atoms with E-state index >= 15 is 0 Å². The van der Waals surface area contributed by atoms with Gasteiger partial charge in [-0.05, 0) is 64.2 Å². The van der Waals surface area contributed by atoms with Crippen LogP contribution in [-0.2, 0) is 32.7 Å². The van der Waals surface area contributed by atoms with Crippen LogP contribution >= 0.6 is 7.82 Å². The highest BCUT2D eigenvalue weighted by Crippen LogP contribution is 2.43. The van der Waals surface area contributed by atoms with Gasteiger partial charge in [0, 0.05) is 12.8 Å². The van der Waals surface area contributed by atoms with Crippen molar-refractivity contribution in [2.45, 2.75) is 206 Å². The summed E-state index contributed by atoms with van der Waals surface area (Å²) in [6, 6.07) is 0. The van der Waals surface area contributed by atoms with E-state index in [0.717, 1.165) is 70.6 Å². The standard InChI is InChI=1S/C42H79O10P/c1-3-5-7-9-11-13-15-17-19-20-22-23-25-27-29-31-33-41(45)49-37-40(38-51-53(47,48)50-36-39(44)35-43)52-42(46)34-32-30-28-26-24-21-18-16-14-12-10-8-6-4-2/h16,18-20,39-40,43-44H,3-15,17,21-38H2,1-2H3,(H,47,48)/b18-16-,20-19-/t39-,40+/m0/s1. The summed E-state index contributed by atoms with van der Waals surface area (Å²) in [4.78, 5) is 34.9. The van der Waals surface area contributed by atoms with Crippen molar-refractivity contribution in [2.24, 2.45) is 0 Å². The molecule has 0 rings (SSSR count). The van der Waals surface area contributed by atoms with Gasteiger partial charge in [-0.15, -0.1) is 0 Å². The average Bonchev–Trinajstić information content (AvgIpc) is 3.14. The Morgan fingerprint density at radius 3 is 1.36 bits per heavy atom. The number of ether oxygens (including phenoxy) is 2. The van der Waals surface area contributed by atoms with Crippen LogP contribution in [0.25, 0.3) is 0 Å². The summed E-state index contributed by atoms with van der Waals surface area (Å²) in [5.41, 5.74) is 0. The zero-order chi connectivity index (χ0) is 39.1. The van der Waals surface area contributed by atoms with Gasteiger partial charge in [0.05, 0.1) is 19.8 Å². The number of rotatable bonds is 40. The highest BCUT2D eigenvalue weighted by atomic mass is 31.2. The molecule has 0 radical (unpaired) electrons. The summed E-state index contributed by atoms with van der Waals surface area (Å²) in [6.07, 6.45) is 37.1. The molecule has 0 aliphatic carbocycles. The predicted molar refractivity (Wildman–Crippen MR) is 215 cm³/mol. The van der Waals surface area contributed by atoms with Crippen LogP contribution < -0.4 is 0 Å². The van der Waals surface area contributed by atoms with Crippen LogP contribution in [0, 0.1) is 0 Å². The Balaban J connectivity index is 4.32. The third kappa shape index (κ3) is 38.5. The Kier molecular flexibility index (Phi) is 37.6. The third-order valence-corrected chi connectivity index (χ3v) is 10.0. The van der Waals surface area contributed by atoms with Crippen molar-refractivity contribution < 1.29 is 47.8 Å². The molecule has 0 heterocycles. The lowest BCUT2D eigenvalue weighted by atomic mass is 10.1. The molecule has 3 atom stereocenters. The molecule has 0 amide bonds. The molecule has 10 nitrogen and oxygen atoms in total. The minimum Gasteiger partial charge on any atom is -0.462 e. The minimum atomic E-state index is -4.62. The molecular formula is C42H79O10P. The number of allylic oxidation sites excluding steroid dienone is 4. The Morgan fingerprint density at radius 1 is 0.547 bits per heavy atom. The second kappa shape index (κ2) is 38.7. The number of hydrogen-bond donors (Lipinski definition) is 3. The van der Waals surface area contributed by atoms with E-state index in [4.69, 9.17) is 19.1 Å². The van der Waals surface area contributed by atoms with Crippen LogP contribution in [0.3, 0.4) is 0 Å². The number of phosphoric acid groups is 1. The van der Waals surface area contributed by atoms with Gasteiger partial charge in [-0.3, -0.25) is 18.6 Å². The maximum atomic E-state index is 12.6. The molecule has 0 aromatic carbocycles. The van der Waals surface area contributed by atoms with Gasteiger partial charge in [-0.2, -0.15) is 0 Å². The number of carbonyl (C=O) groups is 2. The number of hydrogen-bond acceptors (Lipinski definition) is 9. The van der Waals surface area contributed by atoms with Gasteiger partial charge in [0.25, 0.3) is 0 Å². The summed E-state index contributed by atoms with van der Waals surface area (Å²) in [5, 5.41) is 18.3. The SMILES string of the molecule is CCCCCCC/C=C\CCCCCCCC(=O)O[C@H](COC(=O)CCCCCCC/C=C\CCCCCCCCC)COP(=O)(O)OC[C@@H](O)CO. The largest absolute Gasteiger partial charge is 0.472 e. The van der Waals surface area contributed by atoms with Gasteiger partial charge in [-0.1, -0.05) is 141 Å². The van der Waals surface area contributed by atoms with Crippen LogP contribution in [-0.4, -0.2) is 65.7 Å². The van der Waals surface area contributed by atoms with E-state index in [0.29, 0.717) is 12.8 Å². The first-order valence-electron chi connectivity index (χ1n) is 21.3. The molecule has 0 saturated carbocycles. The zero-order valence-electron chi connectivity index (χ0n) is 33.7. The van der Waals surface area contributed by atoms with Gasteiger partial charge < -0.3 is 24.6 Å². The quantitative estimate of drug-likeness (QED) is 0.0238. The first kappa shape index (κ1) is 51.5. The topological polar surface area (TPSA) is 149 Å². The van der Waals surface area contributed by atoms with E-state index in [-0.39, 0.29) is 19.4 Å². The molecule has 0 aromatic heterocycles. The van der Waals surface area contributed by atoms with Crippen molar-refractivity contribution in [2.75, 3.05) is 26.4 Å². The maximum absolute atomic E-state index is 12.6. The summed E-state index contributed by atoms with van der Waals surface area (Å²) in [5.74, 6) is -0.941. The Labute approximate surface area is 323 Å². The fourth-order valence-electron chi connectivity index (χ4n) is 5.75. The van der Waals surface area contributed by atoms with Crippen molar-refractivity contribution in [1.29, 1.82) is 0 Å². The second-order valence-electron chi connectivity index (χ2n) is 14.4. The Bertz CT molecular complexity index is 941. The minimum absolute atomic E-state index is 0.174. The lowest BCUT2D eigenvalue weighted by Crippen LogP contribution is -2.29. The predicted octanol–water partition coefficient (Wildman–Crippen LogP) is 11.0. The maximum Gasteiger partial charge on any atom is 0.472 e. The van der Waals surface area contributed by atoms with Crippen molar-refractivity contribution in [1.82, 2.24) is 0 Å². The number of aliphatic hydroxyl groups is 2. The van der Waals surface area contributed by atoms with E-state index < -0.39 is 51.8 Å². The fourth-order valence-corrected chi connectivity index (χ4v) is 6.54. The number of carbonyl (C=O) groups excluding carboxylic acids is 2. The monoisotopic (exact) mass is 775 g/mol. The lowest BCUT2D eigenvalue weighted by molar-refractivity contribution is -0.161. The van der Waals surface area contributed by atoms with Gasteiger partial charge in [0.2, 0.25) is 0 Å². The van der Waals surface area contributed by atoms with Gasteiger partial charge in [0.15, 0.2) is 6.10 Å².